The van der Waals surface area contributed by atoms with E-state index in [4.69, 9.17) is 9.47 Å². The van der Waals surface area contributed by atoms with E-state index in [0.29, 0.717) is 29.7 Å². The lowest BCUT2D eigenvalue weighted by atomic mass is 10.1. The number of carbonyl (C=O) groups is 2. The molecule has 2 aromatic carbocycles. The van der Waals surface area contributed by atoms with Gasteiger partial charge in [-0.25, -0.2) is 4.98 Å². The van der Waals surface area contributed by atoms with Crippen molar-refractivity contribution in [1.29, 1.82) is 0 Å². The molecule has 0 spiro atoms. The highest BCUT2D eigenvalue weighted by Gasteiger charge is 2.40. The minimum atomic E-state index is -0.613. The number of para-hydroxylation sites is 2. The molecule has 0 fully saturated rings. The number of carbonyl (C=O) groups excluding carboxylic acids is 2. The molecule has 0 saturated carbocycles. The Kier molecular flexibility index (Phi) is 4.54. The van der Waals surface area contributed by atoms with Crippen LogP contribution in [0.2, 0.25) is 0 Å². The fraction of sp³-hybridized carbons (Fsp3) is 0.318. The lowest BCUT2D eigenvalue weighted by Crippen LogP contribution is -2.32. The van der Waals surface area contributed by atoms with E-state index in [1.807, 2.05) is 28.8 Å². The van der Waals surface area contributed by atoms with Gasteiger partial charge in [0, 0.05) is 18.3 Å². The Morgan fingerprint density at radius 2 is 2.03 bits per heavy atom. The molecule has 1 aromatic heterocycles. The first-order valence-electron chi connectivity index (χ1n) is 10.1. The quantitative estimate of drug-likeness (QED) is 0.677. The first-order chi connectivity index (χ1) is 14.7. The van der Waals surface area contributed by atoms with Crippen molar-refractivity contribution in [3.63, 3.8) is 0 Å². The number of ether oxygens (including phenoxy) is 2. The fourth-order valence-corrected chi connectivity index (χ4v) is 3.99. The second-order valence-electron chi connectivity index (χ2n) is 7.45. The van der Waals surface area contributed by atoms with Gasteiger partial charge in [-0.15, -0.1) is 0 Å². The summed E-state index contributed by atoms with van der Waals surface area (Å²) in [7, 11) is 0. The summed E-state index contributed by atoms with van der Waals surface area (Å²) in [4.78, 5) is 32.4. The van der Waals surface area contributed by atoms with E-state index in [2.05, 4.69) is 17.2 Å². The third-order valence-electron chi connectivity index (χ3n) is 5.45. The van der Waals surface area contributed by atoms with Crippen LogP contribution in [0.3, 0.4) is 0 Å². The molecule has 8 nitrogen and oxygen atoms in total. The number of hydrogen-bond donors (Lipinski definition) is 1. The van der Waals surface area contributed by atoms with Gasteiger partial charge in [0.25, 0.3) is 5.91 Å². The van der Waals surface area contributed by atoms with Crippen LogP contribution < -0.4 is 19.7 Å². The summed E-state index contributed by atoms with van der Waals surface area (Å²) < 4.78 is 12.6. The van der Waals surface area contributed by atoms with E-state index >= 15 is 0 Å². The molecule has 3 heterocycles. The third-order valence-corrected chi connectivity index (χ3v) is 5.45. The summed E-state index contributed by atoms with van der Waals surface area (Å²) in [6.45, 7) is 2.85. The predicted molar refractivity (Wildman–Crippen MR) is 112 cm³/mol. The molecular formula is C22H22N4O4. The second kappa shape index (κ2) is 7.37. The third kappa shape index (κ3) is 3.04. The van der Waals surface area contributed by atoms with Gasteiger partial charge in [0.05, 0.1) is 17.5 Å². The first-order valence-corrected chi connectivity index (χ1v) is 10.1. The van der Waals surface area contributed by atoms with Gasteiger partial charge in [-0.2, -0.15) is 0 Å². The molecule has 3 aromatic rings. The maximum atomic E-state index is 13.2. The number of aromatic nitrogens is 2. The van der Waals surface area contributed by atoms with Gasteiger partial charge in [0.2, 0.25) is 18.6 Å². The van der Waals surface area contributed by atoms with Crippen molar-refractivity contribution in [3.8, 4) is 11.5 Å². The van der Waals surface area contributed by atoms with Crippen molar-refractivity contribution in [3.05, 3.63) is 42.5 Å². The zero-order valence-electron chi connectivity index (χ0n) is 16.6. The van der Waals surface area contributed by atoms with E-state index < -0.39 is 6.04 Å². The normalized spacial score (nSPS) is 16.9. The summed E-state index contributed by atoms with van der Waals surface area (Å²) in [5, 5.41) is 2.87. The van der Waals surface area contributed by atoms with Crippen LogP contribution in [0.15, 0.2) is 42.5 Å². The molecule has 2 aliphatic heterocycles. The number of imidazole rings is 1. The van der Waals surface area contributed by atoms with E-state index in [9.17, 15) is 9.59 Å². The average molecular weight is 406 g/mol. The van der Waals surface area contributed by atoms with Crippen molar-refractivity contribution >= 4 is 34.5 Å². The fourth-order valence-electron chi connectivity index (χ4n) is 3.99. The minimum absolute atomic E-state index is 0.0310. The monoisotopic (exact) mass is 406 g/mol. The Hall–Kier alpha value is -3.55. The SMILES string of the molecule is CCCCN1C(=O)[C@@H](CC(=O)Nc2ccc3c(c2)OCO3)n2c1nc1ccccc12. The van der Waals surface area contributed by atoms with Gasteiger partial charge in [0.1, 0.15) is 6.04 Å². The molecule has 1 N–H and O–H groups in total. The first kappa shape index (κ1) is 18.5. The topological polar surface area (TPSA) is 85.7 Å². The molecular weight excluding hydrogens is 384 g/mol. The molecule has 0 bridgehead atoms. The Balaban J connectivity index is 1.41. The summed E-state index contributed by atoms with van der Waals surface area (Å²) in [6, 6.07) is 12.3. The van der Waals surface area contributed by atoms with Crippen molar-refractivity contribution in [2.24, 2.45) is 0 Å². The van der Waals surface area contributed by atoms with Crippen LogP contribution in [-0.2, 0) is 9.59 Å². The molecule has 0 saturated heterocycles. The zero-order valence-corrected chi connectivity index (χ0v) is 16.6. The number of benzene rings is 2. The smallest absolute Gasteiger partial charge is 0.253 e. The van der Waals surface area contributed by atoms with Crippen LogP contribution in [-0.4, -0.2) is 34.7 Å². The molecule has 0 unspecified atom stereocenters. The number of rotatable bonds is 6. The highest BCUT2D eigenvalue weighted by atomic mass is 16.7. The molecule has 5 rings (SSSR count). The number of anilines is 2. The maximum absolute atomic E-state index is 13.2. The second-order valence-corrected chi connectivity index (χ2v) is 7.45. The van der Waals surface area contributed by atoms with Crippen LogP contribution in [0.4, 0.5) is 11.6 Å². The number of amides is 2. The van der Waals surface area contributed by atoms with Gasteiger partial charge in [-0.1, -0.05) is 25.5 Å². The van der Waals surface area contributed by atoms with Crippen molar-refractivity contribution in [1.82, 2.24) is 9.55 Å². The van der Waals surface area contributed by atoms with E-state index in [1.165, 1.54) is 0 Å². The molecule has 30 heavy (non-hydrogen) atoms. The number of unbranched alkanes of at least 4 members (excludes halogenated alkanes) is 1. The number of fused-ring (bicyclic) bond motifs is 4. The Morgan fingerprint density at radius 1 is 1.20 bits per heavy atom. The van der Waals surface area contributed by atoms with Crippen molar-refractivity contribution in [2.75, 3.05) is 23.6 Å². The minimum Gasteiger partial charge on any atom is -0.454 e. The lowest BCUT2D eigenvalue weighted by molar-refractivity contribution is -0.124. The highest BCUT2D eigenvalue weighted by molar-refractivity contribution is 6.05. The average Bonchev–Trinajstić information content (AvgIpc) is 3.41. The molecule has 0 aliphatic carbocycles. The largest absolute Gasteiger partial charge is 0.454 e. The highest BCUT2D eigenvalue weighted by Crippen LogP contribution is 2.37. The van der Waals surface area contributed by atoms with Crippen molar-refractivity contribution < 1.29 is 19.1 Å². The Labute approximate surface area is 173 Å². The molecule has 2 aliphatic rings. The van der Waals surface area contributed by atoms with Gasteiger partial charge >= 0.3 is 0 Å². The standard InChI is InChI=1S/C22H22N4O4/c1-2-3-10-25-21(28)17(26-16-7-5-4-6-15(16)24-22(25)26)12-20(27)23-14-8-9-18-19(11-14)30-13-29-18/h4-9,11,17H,2-3,10,12-13H2,1H3,(H,23,27)/t17-/m1/s1. The van der Waals surface area contributed by atoms with E-state index in [-0.39, 0.29) is 25.0 Å². The van der Waals surface area contributed by atoms with Gasteiger partial charge < -0.3 is 14.8 Å². The molecule has 2 amide bonds. The van der Waals surface area contributed by atoms with Crippen LogP contribution in [0, 0.1) is 0 Å². The van der Waals surface area contributed by atoms with E-state index in [1.54, 1.807) is 23.1 Å². The zero-order chi connectivity index (χ0) is 20.7. The van der Waals surface area contributed by atoms with Crippen LogP contribution in [0.5, 0.6) is 11.5 Å². The molecule has 8 heteroatoms. The number of nitrogens with one attached hydrogen (secondary N) is 1. The van der Waals surface area contributed by atoms with Gasteiger partial charge in [0.15, 0.2) is 11.5 Å². The summed E-state index contributed by atoms with van der Waals surface area (Å²) >= 11 is 0. The number of hydrogen-bond acceptors (Lipinski definition) is 5. The Bertz CT molecular complexity index is 1140. The molecule has 0 radical (unpaired) electrons. The molecule has 154 valence electrons. The molecule has 1 atom stereocenters. The Morgan fingerprint density at radius 3 is 2.90 bits per heavy atom. The van der Waals surface area contributed by atoms with Crippen LogP contribution in [0.1, 0.15) is 32.2 Å². The van der Waals surface area contributed by atoms with Gasteiger partial charge in [-0.3, -0.25) is 19.1 Å². The predicted octanol–water partition coefficient (Wildman–Crippen LogP) is 3.48. The lowest BCUT2D eigenvalue weighted by Gasteiger charge is -2.15. The number of nitrogens with zero attached hydrogens (tertiary/aromatic N) is 3. The van der Waals surface area contributed by atoms with Crippen molar-refractivity contribution in [2.45, 2.75) is 32.2 Å². The van der Waals surface area contributed by atoms with Gasteiger partial charge in [-0.05, 0) is 30.7 Å². The summed E-state index contributed by atoms with van der Waals surface area (Å²) in [5.74, 6) is 1.54. The maximum Gasteiger partial charge on any atom is 0.253 e. The van der Waals surface area contributed by atoms with Crippen LogP contribution in [0.25, 0.3) is 11.0 Å². The van der Waals surface area contributed by atoms with Crippen LogP contribution >= 0.6 is 0 Å². The summed E-state index contributed by atoms with van der Waals surface area (Å²) in [6.07, 6.45) is 1.88. The van der Waals surface area contributed by atoms with E-state index in [0.717, 1.165) is 23.9 Å². The summed E-state index contributed by atoms with van der Waals surface area (Å²) in [5.41, 5.74) is 2.29.